The van der Waals surface area contributed by atoms with Gasteiger partial charge in [0.25, 0.3) is 0 Å². The molecule has 0 spiro atoms. The predicted molar refractivity (Wildman–Crippen MR) is 42.5 cm³/mol. The average Bonchev–Trinajstić information content (AvgIpc) is 1.85. The summed E-state index contributed by atoms with van der Waals surface area (Å²) in [5.74, 6) is 0.473. The summed E-state index contributed by atoms with van der Waals surface area (Å²) in [6.45, 7) is 4.31. The lowest BCUT2D eigenvalue weighted by Gasteiger charge is -2.06. The smallest absolute Gasteiger partial charge is 0.217 e. The van der Waals surface area contributed by atoms with E-state index in [9.17, 15) is 4.79 Å². The molecule has 0 saturated carbocycles. The molecule has 60 valence electrons. The van der Waals surface area contributed by atoms with Crippen LogP contribution in [0.1, 0.15) is 39.5 Å². The molecule has 2 nitrogen and oxygen atoms in total. The third kappa shape index (κ3) is 5.60. The summed E-state index contributed by atoms with van der Waals surface area (Å²) >= 11 is 0. The van der Waals surface area contributed by atoms with Crippen molar-refractivity contribution in [3.63, 3.8) is 0 Å². The fraction of sp³-hybridized carbons (Fsp3) is 0.875. The van der Waals surface area contributed by atoms with Crippen LogP contribution in [0.3, 0.4) is 0 Å². The van der Waals surface area contributed by atoms with Crippen molar-refractivity contribution in [2.45, 2.75) is 39.5 Å². The number of hydrogen-bond acceptors (Lipinski definition) is 1. The molecule has 0 rings (SSSR count). The standard InChI is InChI=1S/C8H17NO/c1-3-4-7(2)5-6-8(9)10/h7H,3-6H2,1-2H3,(H2,9,10). The van der Waals surface area contributed by atoms with E-state index in [1.807, 2.05) is 0 Å². The molecule has 0 aliphatic carbocycles. The molecular weight excluding hydrogens is 126 g/mol. The van der Waals surface area contributed by atoms with Gasteiger partial charge in [-0.1, -0.05) is 26.7 Å². The van der Waals surface area contributed by atoms with Gasteiger partial charge in [-0.05, 0) is 12.3 Å². The molecule has 0 aromatic rings. The van der Waals surface area contributed by atoms with E-state index in [0.29, 0.717) is 12.3 Å². The zero-order valence-corrected chi connectivity index (χ0v) is 6.89. The van der Waals surface area contributed by atoms with E-state index in [1.165, 1.54) is 12.8 Å². The van der Waals surface area contributed by atoms with Gasteiger partial charge < -0.3 is 5.73 Å². The van der Waals surface area contributed by atoms with Crippen LogP contribution in [-0.2, 0) is 4.79 Å². The Morgan fingerprint density at radius 1 is 1.50 bits per heavy atom. The van der Waals surface area contributed by atoms with Crippen molar-refractivity contribution in [2.24, 2.45) is 11.7 Å². The van der Waals surface area contributed by atoms with Crippen LogP contribution in [0.5, 0.6) is 0 Å². The first-order valence-electron chi connectivity index (χ1n) is 3.95. The highest BCUT2D eigenvalue weighted by atomic mass is 16.1. The van der Waals surface area contributed by atoms with E-state index in [2.05, 4.69) is 13.8 Å². The SMILES string of the molecule is CCCC(C)CCC(N)=O. The van der Waals surface area contributed by atoms with Gasteiger partial charge in [-0.15, -0.1) is 0 Å². The lowest BCUT2D eigenvalue weighted by molar-refractivity contribution is -0.118. The van der Waals surface area contributed by atoms with Crippen LogP contribution >= 0.6 is 0 Å². The number of primary amides is 1. The van der Waals surface area contributed by atoms with Crippen LogP contribution in [0.2, 0.25) is 0 Å². The molecule has 0 saturated heterocycles. The molecular formula is C8H17NO. The summed E-state index contributed by atoms with van der Waals surface area (Å²) < 4.78 is 0. The molecule has 1 amide bonds. The van der Waals surface area contributed by atoms with Gasteiger partial charge in [0.05, 0.1) is 0 Å². The van der Waals surface area contributed by atoms with Crippen molar-refractivity contribution in [3.05, 3.63) is 0 Å². The summed E-state index contributed by atoms with van der Waals surface area (Å²) in [6, 6.07) is 0. The Hall–Kier alpha value is -0.530. The first kappa shape index (κ1) is 9.47. The largest absolute Gasteiger partial charge is 0.370 e. The van der Waals surface area contributed by atoms with E-state index in [1.54, 1.807) is 0 Å². The van der Waals surface area contributed by atoms with E-state index in [4.69, 9.17) is 5.73 Å². The molecule has 0 aliphatic heterocycles. The van der Waals surface area contributed by atoms with Gasteiger partial charge in [0, 0.05) is 6.42 Å². The van der Waals surface area contributed by atoms with Gasteiger partial charge in [-0.25, -0.2) is 0 Å². The lowest BCUT2D eigenvalue weighted by Crippen LogP contribution is -2.11. The zero-order chi connectivity index (χ0) is 7.98. The summed E-state index contributed by atoms with van der Waals surface area (Å²) in [6.07, 6.45) is 3.89. The maximum atomic E-state index is 10.3. The first-order valence-corrected chi connectivity index (χ1v) is 3.95. The summed E-state index contributed by atoms with van der Waals surface area (Å²) in [7, 11) is 0. The molecule has 0 aromatic heterocycles. The number of hydrogen-bond donors (Lipinski definition) is 1. The fourth-order valence-corrected chi connectivity index (χ4v) is 1.03. The summed E-state index contributed by atoms with van der Waals surface area (Å²) in [4.78, 5) is 10.3. The Bertz CT molecular complexity index is 101. The van der Waals surface area contributed by atoms with Gasteiger partial charge in [-0.2, -0.15) is 0 Å². The highest BCUT2D eigenvalue weighted by Crippen LogP contribution is 2.11. The highest BCUT2D eigenvalue weighted by Gasteiger charge is 2.01. The van der Waals surface area contributed by atoms with Gasteiger partial charge in [0.1, 0.15) is 0 Å². The lowest BCUT2D eigenvalue weighted by atomic mass is 10.0. The molecule has 0 heterocycles. The maximum absolute atomic E-state index is 10.3. The molecule has 0 fully saturated rings. The molecule has 1 unspecified atom stereocenters. The maximum Gasteiger partial charge on any atom is 0.217 e. The molecule has 2 N–H and O–H groups in total. The zero-order valence-electron chi connectivity index (χ0n) is 6.89. The van der Waals surface area contributed by atoms with Crippen molar-refractivity contribution in [2.75, 3.05) is 0 Å². The monoisotopic (exact) mass is 143 g/mol. The Kier molecular flexibility index (Phi) is 4.99. The first-order chi connectivity index (χ1) is 4.66. The number of amides is 1. The van der Waals surface area contributed by atoms with Gasteiger partial charge in [0.2, 0.25) is 5.91 Å². The molecule has 0 aliphatic rings. The molecule has 10 heavy (non-hydrogen) atoms. The summed E-state index contributed by atoms with van der Waals surface area (Å²) in [5, 5.41) is 0. The van der Waals surface area contributed by atoms with E-state index in [-0.39, 0.29) is 5.91 Å². The van der Waals surface area contributed by atoms with Crippen molar-refractivity contribution in [3.8, 4) is 0 Å². The minimum atomic E-state index is -0.178. The Morgan fingerprint density at radius 2 is 2.10 bits per heavy atom. The average molecular weight is 143 g/mol. The number of carbonyl (C=O) groups is 1. The van der Waals surface area contributed by atoms with E-state index in [0.717, 1.165) is 6.42 Å². The number of rotatable bonds is 5. The third-order valence-corrected chi connectivity index (χ3v) is 1.67. The van der Waals surface area contributed by atoms with Crippen molar-refractivity contribution in [1.82, 2.24) is 0 Å². The van der Waals surface area contributed by atoms with Crippen LogP contribution in [0.15, 0.2) is 0 Å². The Morgan fingerprint density at radius 3 is 2.50 bits per heavy atom. The van der Waals surface area contributed by atoms with Crippen LogP contribution in [-0.4, -0.2) is 5.91 Å². The predicted octanol–water partition coefficient (Wildman–Crippen LogP) is 1.69. The third-order valence-electron chi connectivity index (χ3n) is 1.67. The summed E-state index contributed by atoms with van der Waals surface area (Å²) in [5.41, 5.74) is 5.00. The highest BCUT2D eigenvalue weighted by molar-refractivity contribution is 5.73. The van der Waals surface area contributed by atoms with Crippen LogP contribution in [0, 0.1) is 5.92 Å². The number of nitrogens with two attached hydrogens (primary N) is 1. The molecule has 1 atom stereocenters. The van der Waals surface area contributed by atoms with Crippen molar-refractivity contribution in [1.29, 1.82) is 0 Å². The Balaban J connectivity index is 3.21. The minimum Gasteiger partial charge on any atom is -0.370 e. The van der Waals surface area contributed by atoms with E-state index >= 15 is 0 Å². The Labute approximate surface area is 62.8 Å². The van der Waals surface area contributed by atoms with E-state index < -0.39 is 0 Å². The van der Waals surface area contributed by atoms with Gasteiger partial charge in [0.15, 0.2) is 0 Å². The quantitative estimate of drug-likeness (QED) is 0.625. The molecule has 0 aromatic carbocycles. The van der Waals surface area contributed by atoms with Crippen LogP contribution < -0.4 is 5.73 Å². The van der Waals surface area contributed by atoms with Crippen LogP contribution in [0.25, 0.3) is 0 Å². The second-order valence-electron chi connectivity index (χ2n) is 2.90. The number of carbonyl (C=O) groups excluding carboxylic acids is 1. The van der Waals surface area contributed by atoms with Crippen molar-refractivity contribution < 1.29 is 4.79 Å². The topological polar surface area (TPSA) is 43.1 Å². The van der Waals surface area contributed by atoms with Crippen LogP contribution in [0.4, 0.5) is 0 Å². The molecule has 0 radical (unpaired) electrons. The molecule has 0 bridgehead atoms. The van der Waals surface area contributed by atoms with Crippen molar-refractivity contribution >= 4 is 5.91 Å². The van der Waals surface area contributed by atoms with Gasteiger partial charge in [-0.3, -0.25) is 4.79 Å². The fourth-order valence-electron chi connectivity index (χ4n) is 1.03. The normalized spacial score (nSPS) is 13.0. The second kappa shape index (κ2) is 5.27. The minimum absolute atomic E-state index is 0.178. The molecule has 2 heteroatoms. The van der Waals surface area contributed by atoms with Gasteiger partial charge >= 0.3 is 0 Å². The second-order valence-corrected chi connectivity index (χ2v) is 2.90.